The van der Waals surface area contributed by atoms with E-state index >= 15 is 0 Å². The molecular formula is C40H44BrNiP3+. The van der Waals surface area contributed by atoms with Crippen LogP contribution >= 0.6 is 23.8 Å². The van der Waals surface area contributed by atoms with Gasteiger partial charge in [0.1, 0.15) is 0 Å². The van der Waals surface area contributed by atoms with Gasteiger partial charge in [-0.05, 0) is 85.0 Å². The van der Waals surface area contributed by atoms with Crippen molar-refractivity contribution in [3.63, 3.8) is 0 Å². The third kappa shape index (κ3) is 12.0. The minimum atomic E-state index is -0.716. The zero-order valence-corrected chi connectivity index (χ0v) is 32.0. The molecule has 5 heteroatoms. The van der Waals surface area contributed by atoms with E-state index in [0.29, 0.717) is 7.92 Å². The predicted molar refractivity (Wildman–Crippen MR) is 199 cm³/mol. The Hall–Kier alpha value is -1.90. The molecule has 0 fully saturated rings. The molecule has 0 amide bonds. The number of halogens is 1. The third-order valence-electron chi connectivity index (χ3n) is 7.54. The van der Waals surface area contributed by atoms with Gasteiger partial charge in [0, 0.05) is 6.16 Å². The summed E-state index contributed by atoms with van der Waals surface area (Å²) in [6.45, 7) is 9.10. The molecule has 5 aromatic carbocycles. The van der Waals surface area contributed by atoms with Crippen LogP contribution in [0.25, 0.3) is 5.57 Å². The van der Waals surface area contributed by atoms with E-state index in [1.54, 1.807) is 0 Å². The summed E-state index contributed by atoms with van der Waals surface area (Å²) in [6.07, 6.45) is 5.26. The first-order valence-electron chi connectivity index (χ1n) is 15.3. The zero-order valence-electron chi connectivity index (χ0n) is 26.7. The first-order valence-corrected chi connectivity index (χ1v) is 20.1. The van der Waals surface area contributed by atoms with Crippen LogP contribution in [0.2, 0.25) is 0 Å². The molecule has 0 N–H and O–H groups in total. The topological polar surface area (TPSA) is 0 Å². The summed E-state index contributed by atoms with van der Waals surface area (Å²) in [5.74, 6) is 3.95. The Kier molecular flexibility index (Phi) is 19.0. The van der Waals surface area contributed by atoms with Gasteiger partial charge in [0.2, 0.25) is 0 Å². The van der Waals surface area contributed by atoms with Crippen LogP contribution in [0, 0.1) is 5.82 Å². The van der Waals surface area contributed by atoms with Gasteiger partial charge in [-0.15, -0.1) is 7.92 Å². The summed E-state index contributed by atoms with van der Waals surface area (Å²) in [5, 5.41) is 5.47. The fourth-order valence-corrected chi connectivity index (χ4v) is 10.7. The molecule has 235 valence electrons. The Balaban J connectivity index is 0.000000706. The molecule has 0 atom stereocenters. The molecule has 0 aliphatic carbocycles. The van der Waals surface area contributed by atoms with E-state index in [1.165, 1.54) is 56.4 Å². The first-order chi connectivity index (χ1) is 21.1. The Morgan fingerprint density at radius 3 is 1.24 bits per heavy atom. The van der Waals surface area contributed by atoms with Crippen LogP contribution in [0.5, 0.6) is 0 Å². The smallest absolute Gasteiger partial charge is 1.00 e. The molecule has 0 unspecified atom stereocenters. The van der Waals surface area contributed by atoms with Crippen molar-refractivity contribution in [1.82, 2.24) is 0 Å². The molecule has 0 saturated heterocycles. The van der Waals surface area contributed by atoms with Crippen molar-refractivity contribution in [1.29, 1.82) is 0 Å². The SMILES string of the molecule is CC(=[C]P(c1ccccc1)c1ccccc1)c1ccccc1CP(c1ccccc1)c1ccccc1.CCP(CC)CC.[Br-].[Ni+2]. The van der Waals surface area contributed by atoms with E-state index in [2.05, 4.69) is 179 Å². The molecule has 0 aliphatic rings. The minimum absolute atomic E-state index is 0. The third-order valence-corrected chi connectivity index (χ3v) is 14.9. The Labute approximate surface area is 297 Å². The van der Waals surface area contributed by atoms with E-state index in [0.717, 1.165) is 6.16 Å². The maximum absolute atomic E-state index is 3.95. The van der Waals surface area contributed by atoms with Crippen LogP contribution in [-0.2, 0) is 22.7 Å². The van der Waals surface area contributed by atoms with Gasteiger partial charge < -0.3 is 17.0 Å². The molecule has 0 saturated carbocycles. The maximum atomic E-state index is 3.95. The van der Waals surface area contributed by atoms with Crippen LogP contribution in [0.15, 0.2) is 146 Å². The standard InChI is InChI=1S/C34H29P2.C6H15P.BrH.Ni/c1-28(26-35(30-17-6-2-7-18-30)31-19-8-3-9-20-31)34-25-15-14-16-29(34)27-36(32-21-10-4-11-22-32)33-23-12-5-13-24-33;1-4-7(5-2)6-3;;/h2-25H,27H2,1H3;4-6H2,1-3H3;1H;/q;;;+2/p-1. The number of hydrogen-bond donors (Lipinski definition) is 0. The summed E-state index contributed by atoms with van der Waals surface area (Å²) >= 11 is 0. The molecule has 0 aliphatic heterocycles. The van der Waals surface area contributed by atoms with Gasteiger partial charge in [-0.3, -0.25) is 0 Å². The van der Waals surface area contributed by atoms with Crippen molar-refractivity contribution in [2.45, 2.75) is 33.9 Å². The van der Waals surface area contributed by atoms with Gasteiger partial charge in [0.25, 0.3) is 0 Å². The summed E-state index contributed by atoms with van der Waals surface area (Å²) in [7, 11) is -0.782. The fourth-order valence-electron chi connectivity index (χ4n) is 5.07. The number of benzene rings is 5. The van der Waals surface area contributed by atoms with Crippen molar-refractivity contribution in [3.05, 3.63) is 163 Å². The van der Waals surface area contributed by atoms with Gasteiger partial charge in [0.05, 0.1) is 0 Å². The molecule has 5 aromatic rings. The second-order valence-corrected chi connectivity index (χ2v) is 17.6. The molecular weight excluding hydrogens is 712 g/mol. The van der Waals surface area contributed by atoms with Crippen LogP contribution in [0.4, 0.5) is 0 Å². The van der Waals surface area contributed by atoms with Crippen molar-refractivity contribution in [3.8, 4) is 0 Å². The van der Waals surface area contributed by atoms with E-state index in [1.807, 2.05) is 0 Å². The van der Waals surface area contributed by atoms with Crippen LogP contribution in [-0.4, -0.2) is 18.5 Å². The average Bonchev–Trinajstić information content (AvgIpc) is 3.09. The number of allylic oxidation sites excluding steroid dienone is 1. The van der Waals surface area contributed by atoms with Crippen molar-refractivity contribution < 1.29 is 33.5 Å². The molecule has 0 spiro atoms. The summed E-state index contributed by atoms with van der Waals surface area (Å²) < 4.78 is 0. The average molecular weight is 756 g/mol. The molecule has 1 radical (unpaired) electrons. The largest absolute Gasteiger partial charge is 2.00 e. The van der Waals surface area contributed by atoms with E-state index < -0.39 is 15.8 Å². The maximum Gasteiger partial charge on any atom is 2.00 e. The van der Waals surface area contributed by atoms with Gasteiger partial charge in [-0.25, -0.2) is 0 Å². The Morgan fingerprint density at radius 1 is 0.511 bits per heavy atom. The van der Waals surface area contributed by atoms with E-state index in [-0.39, 0.29) is 33.5 Å². The normalized spacial score (nSPS) is 11.0. The van der Waals surface area contributed by atoms with Crippen LogP contribution in [0.1, 0.15) is 38.8 Å². The fraction of sp³-hybridized carbons (Fsp3) is 0.200. The molecule has 5 rings (SSSR count). The molecule has 0 aromatic heterocycles. The molecule has 0 heterocycles. The summed E-state index contributed by atoms with van der Waals surface area (Å²) in [4.78, 5) is 0. The van der Waals surface area contributed by atoms with Crippen molar-refractivity contribution >= 4 is 50.6 Å². The summed E-state index contributed by atoms with van der Waals surface area (Å²) in [5.41, 5.74) is 3.91. The van der Waals surface area contributed by atoms with Crippen molar-refractivity contribution in [2.24, 2.45) is 0 Å². The van der Waals surface area contributed by atoms with Gasteiger partial charge in [-0.2, -0.15) is 0 Å². The van der Waals surface area contributed by atoms with Crippen LogP contribution in [0.3, 0.4) is 0 Å². The van der Waals surface area contributed by atoms with E-state index in [4.69, 9.17) is 0 Å². The molecule has 45 heavy (non-hydrogen) atoms. The van der Waals surface area contributed by atoms with Crippen LogP contribution < -0.4 is 38.2 Å². The van der Waals surface area contributed by atoms with Gasteiger partial charge in [-0.1, -0.05) is 166 Å². The predicted octanol–water partition coefficient (Wildman–Crippen LogP) is 7.15. The summed E-state index contributed by atoms with van der Waals surface area (Å²) in [6, 6.07) is 52.5. The molecule has 0 nitrogen and oxygen atoms in total. The number of hydrogen-bond acceptors (Lipinski definition) is 0. The molecule has 0 bridgehead atoms. The van der Waals surface area contributed by atoms with E-state index in [9.17, 15) is 0 Å². The monoisotopic (exact) mass is 754 g/mol. The van der Waals surface area contributed by atoms with Gasteiger partial charge >= 0.3 is 16.5 Å². The second-order valence-electron chi connectivity index (χ2n) is 10.3. The minimum Gasteiger partial charge on any atom is -1.00 e. The Morgan fingerprint density at radius 2 is 0.867 bits per heavy atom. The Bertz CT molecular complexity index is 1420. The first kappa shape index (κ1) is 39.3. The second kappa shape index (κ2) is 21.8. The quantitative estimate of drug-likeness (QED) is 0.0994. The zero-order chi connectivity index (χ0) is 30.3. The number of rotatable bonds is 11. The van der Waals surface area contributed by atoms with Crippen molar-refractivity contribution in [2.75, 3.05) is 18.5 Å². The van der Waals surface area contributed by atoms with Gasteiger partial charge in [0.15, 0.2) is 0 Å².